The van der Waals surface area contributed by atoms with Gasteiger partial charge >= 0.3 is 0 Å². The summed E-state index contributed by atoms with van der Waals surface area (Å²) in [4.78, 5) is 0. The van der Waals surface area contributed by atoms with E-state index in [9.17, 15) is 5.11 Å². The van der Waals surface area contributed by atoms with Gasteiger partial charge in [0.05, 0.1) is 12.7 Å². The van der Waals surface area contributed by atoms with Crippen molar-refractivity contribution in [1.82, 2.24) is 15.0 Å². The molecule has 8 nitrogen and oxygen atoms in total. The number of ether oxygens (including phenoxy) is 4. The Labute approximate surface area is 147 Å². The van der Waals surface area contributed by atoms with E-state index >= 15 is 0 Å². The van der Waals surface area contributed by atoms with Gasteiger partial charge in [-0.25, -0.2) is 4.68 Å². The van der Waals surface area contributed by atoms with Crippen LogP contribution in [-0.2, 0) is 31.1 Å². The Morgan fingerprint density at radius 3 is 2.68 bits per heavy atom. The molecule has 2 aliphatic heterocycles. The number of hydrogen-bond acceptors (Lipinski definition) is 7. The van der Waals surface area contributed by atoms with Crippen molar-refractivity contribution < 1.29 is 24.1 Å². The Hall–Kier alpha value is -1.06. The van der Waals surface area contributed by atoms with E-state index < -0.39 is 17.7 Å². The molecule has 4 rings (SSSR count). The summed E-state index contributed by atoms with van der Waals surface area (Å²) in [7, 11) is 1.60. The van der Waals surface area contributed by atoms with Crippen molar-refractivity contribution in [3.63, 3.8) is 0 Å². The van der Waals surface area contributed by atoms with Crippen LogP contribution in [0.15, 0.2) is 6.20 Å². The van der Waals surface area contributed by atoms with Gasteiger partial charge in [-0.3, -0.25) is 0 Å². The fourth-order valence-corrected chi connectivity index (χ4v) is 4.16. The number of rotatable bonds is 4. The molecule has 0 radical (unpaired) electrons. The molecule has 4 atom stereocenters. The van der Waals surface area contributed by atoms with E-state index in [2.05, 4.69) is 10.3 Å². The number of aromatic nitrogens is 3. The first kappa shape index (κ1) is 17.4. The Bertz CT molecular complexity index is 613. The largest absolute Gasteiger partial charge is 0.383 e. The van der Waals surface area contributed by atoms with Gasteiger partial charge in [0.2, 0.25) is 0 Å². The molecule has 25 heavy (non-hydrogen) atoms. The van der Waals surface area contributed by atoms with E-state index in [-0.39, 0.29) is 18.3 Å². The van der Waals surface area contributed by atoms with Gasteiger partial charge in [-0.2, -0.15) is 0 Å². The van der Waals surface area contributed by atoms with Gasteiger partial charge in [0, 0.05) is 7.11 Å². The standard InChI is InChI=1S/C17H27N3O5/c1-16(2)24-13-11(23-15(22-3)14(13)25-16)9-20-10-12(18-19-20)17(21)7-5-4-6-8-17/h10-11,13-15,21H,4-9H2,1-3H3/t11-,13?,14?,15-/m1/s1. The molecular formula is C17H27N3O5. The molecule has 140 valence electrons. The highest BCUT2D eigenvalue weighted by atomic mass is 16.8. The van der Waals surface area contributed by atoms with Crippen LogP contribution in [0.5, 0.6) is 0 Å². The maximum Gasteiger partial charge on any atom is 0.186 e. The van der Waals surface area contributed by atoms with Crippen molar-refractivity contribution in [1.29, 1.82) is 0 Å². The highest BCUT2D eigenvalue weighted by Gasteiger charge is 2.55. The Morgan fingerprint density at radius 2 is 1.96 bits per heavy atom. The second-order valence-corrected chi connectivity index (χ2v) is 7.76. The molecule has 2 saturated heterocycles. The van der Waals surface area contributed by atoms with Gasteiger partial charge in [-0.15, -0.1) is 5.10 Å². The highest BCUT2D eigenvalue weighted by molar-refractivity contribution is 5.08. The second kappa shape index (κ2) is 6.28. The Morgan fingerprint density at radius 1 is 1.24 bits per heavy atom. The lowest BCUT2D eigenvalue weighted by atomic mass is 9.83. The number of methoxy groups -OCH3 is 1. The van der Waals surface area contributed by atoms with Crippen LogP contribution in [0.2, 0.25) is 0 Å². The summed E-state index contributed by atoms with van der Waals surface area (Å²) >= 11 is 0. The van der Waals surface area contributed by atoms with Crippen molar-refractivity contribution in [2.75, 3.05) is 7.11 Å². The molecule has 3 heterocycles. The van der Waals surface area contributed by atoms with Crippen molar-refractivity contribution >= 4 is 0 Å². The summed E-state index contributed by atoms with van der Waals surface area (Å²) in [5, 5.41) is 19.2. The molecule has 3 fully saturated rings. The number of fused-ring (bicyclic) bond motifs is 1. The SMILES string of the molecule is CO[C@@H]1O[C@H](Cn2cc(C3(O)CCCCC3)nn2)C2OC(C)(C)OC21. The van der Waals surface area contributed by atoms with Crippen molar-refractivity contribution in [3.05, 3.63) is 11.9 Å². The molecule has 1 N–H and O–H groups in total. The van der Waals surface area contributed by atoms with E-state index in [4.69, 9.17) is 18.9 Å². The molecule has 8 heteroatoms. The first-order valence-electron chi connectivity index (χ1n) is 9.07. The number of nitrogens with zero attached hydrogens (tertiary/aromatic N) is 3. The zero-order valence-corrected chi connectivity index (χ0v) is 15.1. The third-order valence-corrected chi connectivity index (χ3v) is 5.40. The lowest BCUT2D eigenvalue weighted by Crippen LogP contribution is -2.33. The summed E-state index contributed by atoms with van der Waals surface area (Å²) in [6, 6.07) is 0. The fourth-order valence-electron chi connectivity index (χ4n) is 4.16. The highest BCUT2D eigenvalue weighted by Crippen LogP contribution is 2.40. The van der Waals surface area contributed by atoms with E-state index in [1.165, 1.54) is 6.42 Å². The Kier molecular flexibility index (Phi) is 4.36. The summed E-state index contributed by atoms with van der Waals surface area (Å²) in [6.45, 7) is 4.26. The number of hydrogen-bond donors (Lipinski definition) is 1. The van der Waals surface area contributed by atoms with Crippen LogP contribution < -0.4 is 0 Å². The van der Waals surface area contributed by atoms with Crippen LogP contribution >= 0.6 is 0 Å². The summed E-state index contributed by atoms with van der Waals surface area (Å²) < 4.78 is 24.9. The molecule has 0 spiro atoms. The van der Waals surface area contributed by atoms with Crippen LogP contribution in [-0.4, -0.2) is 57.6 Å². The molecule has 2 unspecified atom stereocenters. The average Bonchev–Trinajstić information content (AvgIpc) is 3.23. The second-order valence-electron chi connectivity index (χ2n) is 7.76. The van der Waals surface area contributed by atoms with Crippen molar-refractivity contribution in [2.45, 2.75) is 88.5 Å². The molecule has 0 aromatic carbocycles. The molecule has 1 aromatic heterocycles. The molecule has 0 amide bonds. The van der Waals surface area contributed by atoms with Gasteiger partial charge in [0.15, 0.2) is 12.1 Å². The van der Waals surface area contributed by atoms with E-state index in [0.717, 1.165) is 25.7 Å². The zero-order chi connectivity index (χ0) is 17.7. The zero-order valence-electron chi connectivity index (χ0n) is 15.1. The predicted octanol–water partition coefficient (Wildman–Crippen LogP) is 1.32. The average molecular weight is 353 g/mol. The van der Waals surface area contributed by atoms with Crippen molar-refractivity contribution in [2.24, 2.45) is 0 Å². The minimum absolute atomic E-state index is 0.217. The third kappa shape index (κ3) is 3.21. The minimum Gasteiger partial charge on any atom is -0.383 e. The molecule has 0 bridgehead atoms. The topological polar surface area (TPSA) is 87.9 Å². The normalized spacial score (nSPS) is 36.5. The molecule has 1 aliphatic carbocycles. The van der Waals surface area contributed by atoms with E-state index in [1.807, 2.05) is 20.0 Å². The molecule has 1 aromatic rings. The van der Waals surface area contributed by atoms with Crippen LogP contribution in [0.25, 0.3) is 0 Å². The van der Waals surface area contributed by atoms with Gasteiger partial charge in [0.25, 0.3) is 0 Å². The van der Waals surface area contributed by atoms with Gasteiger partial charge in [0.1, 0.15) is 29.6 Å². The molecule has 1 saturated carbocycles. The third-order valence-electron chi connectivity index (χ3n) is 5.40. The van der Waals surface area contributed by atoms with Gasteiger partial charge in [-0.1, -0.05) is 24.5 Å². The monoisotopic (exact) mass is 353 g/mol. The summed E-state index contributed by atoms with van der Waals surface area (Å²) in [6.07, 6.45) is 5.35. The first-order chi connectivity index (χ1) is 11.9. The fraction of sp³-hybridized carbons (Fsp3) is 0.882. The smallest absolute Gasteiger partial charge is 0.186 e. The van der Waals surface area contributed by atoms with Crippen LogP contribution in [0, 0.1) is 0 Å². The van der Waals surface area contributed by atoms with Gasteiger partial charge < -0.3 is 24.1 Å². The predicted molar refractivity (Wildman–Crippen MR) is 86.5 cm³/mol. The van der Waals surface area contributed by atoms with Crippen LogP contribution in [0.1, 0.15) is 51.6 Å². The lowest BCUT2D eigenvalue weighted by Gasteiger charge is -2.29. The van der Waals surface area contributed by atoms with Crippen molar-refractivity contribution in [3.8, 4) is 0 Å². The summed E-state index contributed by atoms with van der Waals surface area (Å²) in [5.41, 5.74) is -0.200. The first-order valence-corrected chi connectivity index (χ1v) is 9.07. The minimum atomic E-state index is -0.848. The lowest BCUT2D eigenvalue weighted by molar-refractivity contribution is -0.228. The van der Waals surface area contributed by atoms with Crippen LogP contribution in [0.3, 0.4) is 0 Å². The quantitative estimate of drug-likeness (QED) is 0.873. The molecule has 3 aliphatic rings. The maximum atomic E-state index is 10.8. The molecular weight excluding hydrogens is 326 g/mol. The maximum absolute atomic E-state index is 10.8. The van der Waals surface area contributed by atoms with Gasteiger partial charge in [-0.05, 0) is 26.7 Å². The van der Waals surface area contributed by atoms with E-state index in [1.54, 1.807) is 11.8 Å². The number of aliphatic hydroxyl groups is 1. The van der Waals surface area contributed by atoms with E-state index in [0.29, 0.717) is 12.2 Å². The van der Waals surface area contributed by atoms with Crippen LogP contribution in [0.4, 0.5) is 0 Å². The summed E-state index contributed by atoms with van der Waals surface area (Å²) in [5.74, 6) is -0.654. The Balaban J connectivity index is 1.47.